The first-order valence-corrected chi connectivity index (χ1v) is 6.93. The van der Waals surface area contributed by atoms with Crippen molar-refractivity contribution in [3.05, 3.63) is 35.8 Å². The Labute approximate surface area is 110 Å². The molecule has 0 aliphatic rings. The Bertz CT molecular complexity index is 666. The first kappa shape index (κ1) is 13.5. The van der Waals surface area contributed by atoms with E-state index in [0.29, 0.717) is 0 Å². The van der Waals surface area contributed by atoms with Crippen molar-refractivity contribution >= 4 is 15.7 Å². The highest BCUT2D eigenvalue weighted by molar-refractivity contribution is 7.89. The lowest BCUT2D eigenvalue weighted by Gasteiger charge is -2.09. The maximum atomic E-state index is 12.1. The highest BCUT2D eigenvalue weighted by atomic mass is 32.2. The van der Waals surface area contributed by atoms with Crippen LogP contribution in [0.4, 0.5) is 5.69 Å². The number of anilines is 1. The number of H-pyrrole nitrogens is 1. The van der Waals surface area contributed by atoms with Crippen molar-refractivity contribution in [1.29, 1.82) is 0 Å². The van der Waals surface area contributed by atoms with Gasteiger partial charge in [0.15, 0.2) is 5.03 Å². The molecule has 0 aliphatic carbocycles. The number of sulfonamides is 1. The number of aromatic amines is 1. The number of nitrogen functional groups attached to an aromatic ring is 1. The number of hydrogen-bond acceptors (Lipinski definition) is 6. The van der Waals surface area contributed by atoms with Crippen LogP contribution in [-0.2, 0) is 16.6 Å². The number of aromatic nitrogens is 3. The lowest BCUT2D eigenvalue weighted by atomic mass is 10.3. The highest BCUT2D eigenvalue weighted by Crippen LogP contribution is 2.16. The van der Waals surface area contributed by atoms with Gasteiger partial charge in [-0.25, -0.2) is 18.1 Å². The summed E-state index contributed by atoms with van der Waals surface area (Å²) < 4.78 is 26.7. The molecule has 102 valence electrons. The predicted octanol–water partition coefficient (Wildman–Crippen LogP) is -0.123. The second-order valence-corrected chi connectivity index (χ2v) is 5.53. The summed E-state index contributed by atoms with van der Waals surface area (Å²) in [7, 11) is -3.74. The van der Waals surface area contributed by atoms with Crippen molar-refractivity contribution in [1.82, 2.24) is 19.9 Å². The van der Waals surface area contributed by atoms with Crippen molar-refractivity contribution < 1.29 is 8.42 Å². The van der Waals surface area contributed by atoms with E-state index in [4.69, 9.17) is 5.84 Å². The number of hydrogen-bond donors (Lipinski definition) is 4. The Kier molecular flexibility index (Phi) is 3.79. The molecular formula is C10H14N6O2S. The van der Waals surface area contributed by atoms with Gasteiger partial charge in [-0.3, -0.25) is 10.9 Å². The summed E-state index contributed by atoms with van der Waals surface area (Å²) in [6.07, 6.45) is 2.96. The lowest BCUT2D eigenvalue weighted by molar-refractivity contribution is 0.577. The van der Waals surface area contributed by atoms with Crippen molar-refractivity contribution in [2.75, 3.05) is 5.43 Å². The topological polar surface area (TPSA) is 126 Å². The normalized spacial score (nSPS) is 11.5. The number of rotatable bonds is 5. The van der Waals surface area contributed by atoms with Gasteiger partial charge in [-0.15, -0.1) is 0 Å². The smallest absolute Gasteiger partial charge is 0.260 e. The largest absolute Gasteiger partial charge is 0.321 e. The van der Waals surface area contributed by atoms with Crippen molar-refractivity contribution in [3.63, 3.8) is 0 Å². The van der Waals surface area contributed by atoms with E-state index >= 15 is 0 Å². The number of pyridine rings is 1. The van der Waals surface area contributed by atoms with Gasteiger partial charge in [0.2, 0.25) is 0 Å². The van der Waals surface area contributed by atoms with Crippen LogP contribution >= 0.6 is 0 Å². The van der Waals surface area contributed by atoms with Gasteiger partial charge in [0, 0.05) is 24.0 Å². The number of nitrogens with one attached hydrogen (secondary N) is 3. The van der Waals surface area contributed by atoms with Crippen LogP contribution in [0.3, 0.4) is 0 Å². The fraction of sp³-hybridized carbons (Fsp3) is 0.200. The summed E-state index contributed by atoms with van der Waals surface area (Å²) in [4.78, 5) is 3.83. The Hall–Kier alpha value is -1.97. The number of nitrogens with two attached hydrogens (primary N) is 1. The molecule has 2 heterocycles. The average Bonchev–Trinajstić information content (AvgIpc) is 2.82. The van der Waals surface area contributed by atoms with Crippen LogP contribution in [0.15, 0.2) is 29.6 Å². The third-order valence-corrected chi connectivity index (χ3v) is 3.93. The minimum Gasteiger partial charge on any atom is -0.321 e. The molecule has 2 aromatic rings. The zero-order valence-corrected chi connectivity index (χ0v) is 11.0. The van der Waals surface area contributed by atoms with Gasteiger partial charge in [-0.05, 0) is 19.1 Å². The van der Waals surface area contributed by atoms with Crippen LogP contribution in [-0.4, -0.2) is 23.6 Å². The predicted molar refractivity (Wildman–Crippen MR) is 69.4 cm³/mol. The lowest BCUT2D eigenvalue weighted by Crippen LogP contribution is -2.26. The highest BCUT2D eigenvalue weighted by Gasteiger charge is 2.19. The fourth-order valence-corrected chi connectivity index (χ4v) is 2.61. The van der Waals surface area contributed by atoms with E-state index in [1.807, 2.05) is 6.92 Å². The van der Waals surface area contributed by atoms with Gasteiger partial charge >= 0.3 is 0 Å². The molecule has 0 fully saturated rings. The quantitative estimate of drug-likeness (QED) is 0.447. The van der Waals surface area contributed by atoms with Gasteiger partial charge < -0.3 is 5.43 Å². The van der Waals surface area contributed by atoms with E-state index in [9.17, 15) is 8.42 Å². The summed E-state index contributed by atoms with van der Waals surface area (Å²) in [6.45, 7) is 1.94. The second-order valence-electron chi connectivity index (χ2n) is 3.85. The van der Waals surface area contributed by atoms with Gasteiger partial charge in [0.05, 0.1) is 11.9 Å². The van der Waals surface area contributed by atoms with Gasteiger partial charge in [-0.1, -0.05) is 0 Å². The minimum atomic E-state index is -3.74. The molecule has 0 bridgehead atoms. The molecule has 5 N–H and O–H groups in total. The SMILES string of the molecule is Cc1[nH]ncc1CNS(=O)(=O)c1ncccc1NN. The molecule has 0 amide bonds. The number of nitrogens with zero attached hydrogens (tertiary/aromatic N) is 2. The van der Waals surface area contributed by atoms with Gasteiger partial charge in [0.25, 0.3) is 10.0 Å². The molecule has 0 atom stereocenters. The Balaban J connectivity index is 2.21. The Morgan fingerprint density at radius 3 is 2.89 bits per heavy atom. The molecule has 0 aliphatic heterocycles. The molecule has 0 saturated carbocycles. The third kappa shape index (κ3) is 2.89. The van der Waals surface area contributed by atoms with Gasteiger partial charge in [0.1, 0.15) is 0 Å². The van der Waals surface area contributed by atoms with Crippen molar-refractivity contribution in [2.24, 2.45) is 5.84 Å². The molecule has 2 rings (SSSR count). The van der Waals surface area contributed by atoms with Crippen LogP contribution in [0, 0.1) is 6.92 Å². The van der Waals surface area contributed by atoms with E-state index in [0.717, 1.165) is 11.3 Å². The number of hydrazine groups is 1. The molecule has 0 radical (unpaired) electrons. The summed E-state index contributed by atoms with van der Waals surface area (Å²) in [6, 6.07) is 3.12. The van der Waals surface area contributed by atoms with E-state index in [1.54, 1.807) is 12.3 Å². The van der Waals surface area contributed by atoms with Crippen LogP contribution in [0.25, 0.3) is 0 Å². The molecule has 8 nitrogen and oxygen atoms in total. The monoisotopic (exact) mass is 282 g/mol. The van der Waals surface area contributed by atoms with E-state index in [2.05, 4.69) is 25.3 Å². The van der Waals surface area contributed by atoms with Crippen LogP contribution < -0.4 is 16.0 Å². The summed E-state index contributed by atoms with van der Waals surface area (Å²) in [5, 5.41) is 6.42. The van der Waals surface area contributed by atoms with Crippen molar-refractivity contribution in [2.45, 2.75) is 18.5 Å². The molecule has 2 aromatic heterocycles. The molecular weight excluding hydrogens is 268 g/mol. The standard InChI is InChI=1S/C10H14N6O2S/c1-7-8(5-13-16-7)6-14-19(17,18)10-9(15-11)3-2-4-12-10/h2-5,14-15H,6,11H2,1H3,(H,13,16). The number of aryl methyl sites for hydroxylation is 1. The molecule has 9 heteroatoms. The van der Waals surface area contributed by atoms with E-state index < -0.39 is 10.0 Å². The van der Waals surface area contributed by atoms with Crippen molar-refractivity contribution in [3.8, 4) is 0 Å². The molecule has 19 heavy (non-hydrogen) atoms. The summed E-state index contributed by atoms with van der Waals surface area (Å²) in [5.74, 6) is 5.26. The zero-order valence-electron chi connectivity index (χ0n) is 10.2. The van der Waals surface area contributed by atoms with E-state index in [-0.39, 0.29) is 17.3 Å². The average molecular weight is 282 g/mol. The fourth-order valence-electron chi connectivity index (χ4n) is 1.51. The zero-order chi connectivity index (χ0) is 13.9. The molecule has 0 spiro atoms. The van der Waals surface area contributed by atoms with Crippen LogP contribution in [0.5, 0.6) is 0 Å². The van der Waals surface area contributed by atoms with Crippen LogP contribution in [0.2, 0.25) is 0 Å². The van der Waals surface area contributed by atoms with Crippen LogP contribution in [0.1, 0.15) is 11.3 Å². The van der Waals surface area contributed by atoms with Gasteiger partial charge in [-0.2, -0.15) is 5.10 Å². The summed E-state index contributed by atoms with van der Waals surface area (Å²) in [5.41, 5.74) is 4.11. The summed E-state index contributed by atoms with van der Waals surface area (Å²) >= 11 is 0. The first-order chi connectivity index (χ1) is 9.04. The third-order valence-electron chi connectivity index (χ3n) is 2.57. The molecule has 0 saturated heterocycles. The molecule has 0 unspecified atom stereocenters. The first-order valence-electron chi connectivity index (χ1n) is 5.44. The van der Waals surface area contributed by atoms with E-state index in [1.165, 1.54) is 12.3 Å². The Morgan fingerprint density at radius 2 is 2.26 bits per heavy atom. The molecule has 0 aromatic carbocycles. The maximum Gasteiger partial charge on any atom is 0.260 e. The second kappa shape index (κ2) is 5.34. The maximum absolute atomic E-state index is 12.1. The minimum absolute atomic E-state index is 0.130. The Morgan fingerprint density at radius 1 is 1.47 bits per heavy atom.